The van der Waals surface area contributed by atoms with Gasteiger partial charge in [-0.25, -0.2) is 10.5 Å². The minimum absolute atomic E-state index is 0.192. The highest BCUT2D eigenvalue weighted by atomic mass is 16.5. The van der Waals surface area contributed by atoms with Gasteiger partial charge >= 0.3 is 0 Å². The van der Waals surface area contributed by atoms with Crippen LogP contribution in [0.5, 0.6) is 0 Å². The van der Waals surface area contributed by atoms with E-state index >= 15 is 0 Å². The first-order valence-electron chi connectivity index (χ1n) is 9.82. The van der Waals surface area contributed by atoms with Crippen LogP contribution in [0.2, 0.25) is 0 Å². The number of imidazole rings is 1. The van der Waals surface area contributed by atoms with Crippen molar-refractivity contribution < 1.29 is 14.8 Å². The van der Waals surface area contributed by atoms with Crippen LogP contribution in [-0.4, -0.2) is 38.0 Å². The molecule has 4 bridgehead atoms. The lowest BCUT2D eigenvalue weighted by atomic mass is 9.49. The smallest absolute Gasteiger partial charge is 0.294 e. The third-order valence-electron chi connectivity index (χ3n) is 7.18. The van der Waals surface area contributed by atoms with E-state index in [1.165, 1.54) is 38.5 Å². The van der Waals surface area contributed by atoms with Gasteiger partial charge in [0.15, 0.2) is 0 Å². The van der Waals surface area contributed by atoms with Gasteiger partial charge in [-0.15, -0.1) is 0 Å². The van der Waals surface area contributed by atoms with Gasteiger partial charge < -0.3 is 9.47 Å². The van der Waals surface area contributed by atoms with E-state index < -0.39 is 5.91 Å². The van der Waals surface area contributed by atoms with Gasteiger partial charge in [0.2, 0.25) is 5.91 Å². The molecule has 0 saturated heterocycles. The van der Waals surface area contributed by atoms with Crippen molar-refractivity contribution in [3.8, 4) is 0 Å². The van der Waals surface area contributed by atoms with E-state index in [2.05, 4.69) is 4.98 Å². The molecule has 4 saturated carbocycles. The third-order valence-corrected chi connectivity index (χ3v) is 7.18. The Kier molecular flexibility index (Phi) is 3.64. The molecule has 7 nitrogen and oxygen atoms in total. The van der Waals surface area contributed by atoms with Crippen LogP contribution < -0.4 is 5.48 Å². The molecule has 2 N–H and O–H groups in total. The Morgan fingerprint density at radius 1 is 1.15 bits per heavy atom. The Hall–Kier alpha value is -1.89. The SMILES string of the molecule is O=C(NO)c1cn2c(n1)CN(C(=O)CC13CC4CC(CC(C4)C1)C3)CC2. The highest BCUT2D eigenvalue weighted by molar-refractivity contribution is 5.91. The molecule has 0 atom stereocenters. The minimum atomic E-state index is -0.613. The molecule has 4 fully saturated rings. The van der Waals surface area contributed by atoms with Crippen molar-refractivity contribution >= 4 is 11.8 Å². The maximum atomic E-state index is 13.1. The number of hydrogen-bond donors (Lipinski definition) is 2. The molecule has 1 aliphatic heterocycles. The number of hydrogen-bond acceptors (Lipinski definition) is 4. The van der Waals surface area contributed by atoms with E-state index in [0.717, 1.165) is 17.8 Å². The first-order valence-corrected chi connectivity index (χ1v) is 9.82. The fraction of sp³-hybridized carbons (Fsp3) is 0.737. The third kappa shape index (κ3) is 2.64. The predicted octanol–water partition coefficient (Wildman–Crippen LogP) is 1.95. The molecule has 0 unspecified atom stereocenters. The maximum Gasteiger partial charge on any atom is 0.294 e. The van der Waals surface area contributed by atoms with Crippen LogP contribution in [0.3, 0.4) is 0 Å². The monoisotopic (exact) mass is 358 g/mol. The number of carbonyl (C=O) groups excluding carboxylic acids is 2. The summed E-state index contributed by atoms with van der Waals surface area (Å²) < 4.78 is 1.90. The molecule has 7 heteroatoms. The van der Waals surface area contributed by atoms with E-state index in [1.54, 1.807) is 11.7 Å². The van der Waals surface area contributed by atoms with Crippen LogP contribution in [0.4, 0.5) is 0 Å². The molecule has 0 aromatic carbocycles. The van der Waals surface area contributed by atoms with Crippen molar-refractivity contribution in [1.82, 2.24) is 19.9 Å². The number of nitrogens with zero attached hydrogens (tertiary/aromatic N) is 3. The minimum Gasteiger partial charge on any atom is -0.333 e. The van der Waals surface area contributed by atoms with E-state index in [4.69, 9.17) is 5.21 Å². The zero-order valence-corrected chi connectivity index (χ0v) is 15.0. The van der Waals surface area contributed by atoms with Gasteiger partial charge in [-0.05, 0) is 61.7 Å². The average Bonchev–Trinajstić information content (AvgIpc) is 3.02. The van der Waals surface area contributed by atoms with Crippen LogP contribution >= 0.6 is 0 Å². The van der Waals surface area contributed by atoms with Gasteiger partial charge in [0.05, 0.1) is 6.54 Å². The summed E-state index contributed by atoms with van der Waals surface area (Å²) in [6.07, 6.45) is 10.2. The van der Waals surface area contributed by atoms with E-state index in [0.29, 0.717) is 31.9 Å². The fourth-order valence-corrected chi connectivity index (χ4v) is 6.57. The Balaban J connectivity index is 1.28. The number of rotatable bonds is 3. The normalized spacial score (nSPS) is 34.7. The van der Waals surface area contributed by atoms with Crippen LogP contribution in [-0.2, 0) is 17.9 Å². The summed E-state index contributed by atoms with van der Waals surface area (Å²) in [5, 5.41) is 8.77. The second-order valence-electron chi connectivity index (χ2n) is 9.09. The topological polar surface area (TPSA) is 87.5 Å². The lowest BCUT2D eigenvalue weighted by Crippen LogP contribution is -2.49. The number of amides is 2. The zero-order chi connectivity index (χ0) is 17.9. The van der Waals surface area contributed by atoms with Gasteiger partial charge in [0.1, 0.15) is 11.5 Å². The first kappa shape index (κ1) is 16.3. The Bertz CT molecular complexity index is 721. The number of carbonyl (C=O) groups is 2. The molecule has 0 spiro atoms. The molecule has 6 rings (SSSR count). The molecule has 5 aliphatic rings. The number of fused-ring (bicyclic) bond motifs is 1. The van der Waals surface area contributed by atoms with Crippen LogP contribution in [0.15, 0.2) is 6.20 Å². The van der Waals surface area contributed by atoms with Gasteiger partial charge in [-0.1, -0.05) is 0 Å². The standard InChI is InChI=1S/C19H26N4O3/c24-17(9-19-6-12-3-13(7-19)5-14(4-12)8-19)23-2-1-22-10-15(18(25)21-26)20-16(22)11-23/h10,12-14,26H,1-9,11H2,(H,21,25). The zero-order valence-electron chi connectivity index (χ0n) is 15.0. The molecule has 1 aromatic rings. The van der Waals surface area contributed by atoms with Crippen LogP contribution in [0.25, 0.3) is 0 Å². The lowest BCUT2D eigenvalue weighted by molar-refractivity contribution is -0.141. The number of hydroxylamine groups is 1. The summed E-state index contributed by atoms with van der Waals surface area (Å²) in [5.74, 6) is 2.91. The summed E-state index contributed by atoms with van der Waals surface area (Å²) in [7, 11) is 0. The lowest BCUT2D eigenvalue weighted by Gasteiger charge is -2.57. The van der Waals surface area contributed by atoms with E-state index in [-0.39, 0.29) is 17.0 Å². The quantitative estimate of drug-likeness (QED) is 0.639. The molecule has 26 heavy (non-hydrogen) atoms. The second kappa shape index (κ2) is 5.81. The van der Waals surface area contributed by atoms with Gasteiger partial charge in [0.25, 0.3) is 5.91 Å². The summed E-state index contributed by atoms with van der Waals surface area (Å²) in [6, 6.07) is 0. The first-order chi connectivity index (χ1) is 12.5. The van der Waals surface area contributed by atoms with Crippen LogP contribution in [0, 0.1) is 23.2 Å². The van der Waals surface area contributed by atoms with Gasteiger partial charge in [0, 0.05) is 25.7 Å². The molecule has 4 aliphatic carbocycles. The molecule has 1 aromatic heterocycles. The van der Waals surface area contributed by atoms with Crippen molar-refractivity contribution in [2.75, 3.05) is 6.54 Å². The summed E-state index contributed by atoms with van der Waals surface area (Å²) in [4.78, 5) is 30.8. The van der Waals surface area contributed by atoms with Crippen LogP contribution in [0.1, 0.15) is 61.3 Å². The maximum absolute atomic E-state index is 13.1. The average molecular weight is 358 g/mol. The van der Waals surface area contributed by atoms with Crippen molar-refractivity contribution in [2.24, 2.45) is 23.2 Å². The molecule has 2 amide bonds. The number of aromatic nitrogens is 2. The van der Waals surface area contributed by atoms with Crippen molar-refractivity contribution in [2.45, 2.75) is 58.0 Å². The van der Waals surface area contributed by atoms with Crippen molar-refractivity contribution in [3.63, 3.8) is 0 Å². The Morgan fingerprint density at radius 3 is 2.42 bits per heavy atom. The molecule has 140 valence electrons. The van der Waals surface area contributed by atoms with Crippen molar-refractivity contribution in [3.05, 3.63) is 17.7 Å². The second-order valence-corrected chi connectivity index (χ2v) is 9.09. The summed E-state index contributed by atoms with van der Waals surface area (Å²) in [6.45, 7) is 1.76. The highest BCUT2D eigenvalue weighted by Gasteiger charge is 2.51. The fourth-order valence-electron chi connectivity index (χ4n) is 6.57. The highest BCUT2D eigenvalue weighted by Crippen LogP contribution is 2.61. The molecule has 0 radical (unpaired) electrons. The summed E-state index contributed by atoms with van der Waals surface area (Å²) in [5.41, 5.74) is 2.06. The Morgan fingerprint density at radius 2 is 1.81 bits per heavy atom. The van der Waals surface area contributed by atoms with Gasteiger partial charge in [-0.2, -0.15) is 0 Å². The van der Waals surface area contributed by atoms with E-state index in [9.17, 15) is 9.59 Å². The van der Waals surface area contributed by atoms with Crippen molar-refractivity contribution in [1.29, 1.82) is 0 Å². The Labute approximate surface area is 152 Å². The number of nitrogens with one attached hydrogen (secondary N) is 1. The summed E-state index contributed by atoms with van der Waals surface area (Å²) >= 11 is 0. The largest absolute Gasteiger partial charge is 0.333 e. The molecular weight excluding hydrogens is 332 g/mol. The predicted molar refractivity (Wildman–Crippen MR) is 92.1 cm³/mol. The van der Waals surface area contributed by atoms with E-state index in [1.807, 2.05) is 9.47 Å². The molecular formula is C19H26N4O3. The molecule has 2 heterocycles. The van der Waals surface area contributed by atoms with Gasteiger partial charge in [-0.3, -0.25) is 14.8 Å².